The van der Waals surface area contributed by atoms with Gasteiger partial charge in [0, 0.05) is 23.7 Å². The second-order valence-corrected chi connectivity index (χ2v) is 8.00. The van der Waals surface area contributed by atoms with E-state index in [0.717, 1.165) is 44.1 Å². The third-order valence-electron chi connectivity index (χ3n) is 5.75. The van der Waals surface area contributed by atoms with Gasteiger partial charge >= 0.3 is 0 Å². The van der Waals surface area contributed by atoms with Gasteiger partial charge in [-0.15, -0.1) is 0 Å². The Morgan fingerprint density at radius 1 is 0.933 bits per heavy atom. The van der Waals surface area contributed by atoms with Gasteiger partial charge in [0.25, 0.3) is 0 Å². The van der Waals surface area contributed by atoms with Crippen molar-refractivity contribution in [2.24, 2.45) is 0 Å². The number of hydrogen-bond donors (Lipinski definition) is 0. The molecule has 2 unspecified atom stereocenters. The zero-order chi connectivity index (χ0) is 21.5. The van der Waals surface area contributed by atoms with Crippen LogP contribution in [-0.2, 0) is 15.9 Å². The van der Waals surface area contributed by atoms with Crippen molar-refractivity contribution in [3.8, 4) is 11.1 Å². The molecule has 164 valence electrons. The Kier molecular flexibility index (Phi) is 8.34. The number of hydrogen-bond acceptors (Lipinski definition) is 2. The van der Waals surface area contributed by atoms with Gasteiger partial charge in [0.1, 0.15) is 5.82 Å². The minimum Gasteiger partial charge on any atom is -0.353 e. The van der Waals surface area contributed by atoms with E-state index in [2.05, 4.69) is 6.92 Å². The maximum Gasteiger partial charge on any atom is 0.167 e. The third kappa shape index (κ3) is 5.44. The van der Waals surface area contributed by atoms with E-state index in [-0.39, 0.29) is 23.3 Å². The Labute approximate surface area is 177 Å². The van der Waals surface area contributed by atoms with Gasteiger partial charge in [-0.3, -0.25) is 0 Å². The summed E-state index contributed by atoms with van der Waals surface area (Å²) in [6.45, 7) is 5.26. The molecular weight excluding hydrogens is 389 g/mol. The number of aryl methyl sites for hydroxylation is 1. The molecule has 1 fully saturated rings. The summed E-state index contributed by atoms with van der Waals surface area (Å²) >= 11 is 0. The van der Waals surface area contributed by atoms with E-state index in [1.54, 1.807) is 12.1 Å². The fourth-order valence-corrected chi connectivity index (χ4v) is 3.84. The molecule has 0 amide bonds. The lowest BCUT2D eigenvalue weighted by Crippen LogP contribution is -2.27. The minimum absolute atomic E-state index is 0.0407. The van der Waals surface area contributed by atoms with Gasteiger partial charge in [0.2, 0.25) is 0 Å². The van der Waals surface area contributed by atoms with Crippen LogP contribution in [0.1, 0.15) is 69.4 Å². The van der Waals surface area contributed by atoms with Gasteiger partial charge < -0.3 is 9.47 Å². The normalized spacial score (nSPS) is 19.2. The van der Waals surface area contributed by atoms with Crippen LogP contribution in [0.15, 0.2) is 30.3 Å². The summed E-state index contributed by atoms with van der Waals surface area (Å²) in [5, 5.41) is 0. The van der Waals surface area contributed by atoms with Crippen molar-refractivity contribution in [3.63, 3.8) is 0 Å². The Morgan fingerprint density at radius 2 is 1.70 bits per heavy atom. The molecule has 0 saturated carbocycles. The molecule has 3 rings (SSSR count). The van der Waals surface area contributed by atoms with Crippen LogP contribution in [0.3, 0.4) is 0 Å². The summed E-state index contributed by atoms with van der Waals surface area (Å²) < 4.78 is 55.3. The molecule has 0 aliphatic carbocycles. The fourth-order valence-electron chi connectivity index (χ4n) is 3.84. The molecule has 30 heavy (non-hydrogen) atoms. The van der Waals surface area contributed by atoms with Gasteiger partial charge in [0.05, 0.1) is 6.61 Å². The maximum atomic E-state index is 14.8. The first-order chi connectivity index (χ1) is 14.5. The minimum atomic E-state index is -0.983. The van der Waals surface area contributed by atoms with E-state index in [1.807, 2.05) is 6.92 Å². The molecular formula is C25H31F3O2. The van der Waals surface area contributed by atoms with E-state index < -0.39 is 17.5 Å². The Hall–Kier alpha value is -1.85. The molecule has 0 aromatic heterocycles. The van der Waals surface area contributed by atoms with Gasteiger partial charge in [-0.1, -0.05) is 51.0 Å². The van der Waals surface area contributed by atoms with Crippen molar-refractivity contribution < 1.29 is 22.6 Å². The average molecular weight is 421 g/mol. The SMILES string of the molecule is CCCCOC1CCC(c2ccc(-c3ccc(CCCC)c(F)c3F)c(F)c2)CO1. The lowest BCUT2D eigenvalue weighted by molar-refractivity contribution is -0.167. The molecule has 1 saturated heterocycles. The Bertz CT molecular complexity index is 829. The summed E-state index contributed by atoms with van der Waals surface area (Å²) in [4.78, 5) is 0. The zero-order valence-electron chi connectivity index (χ0n) is 17.9. The van der Waals surface area contributed by atoms with Crippen molar-refractivity contribution in [1.29, 1.82) is 0 Å². The average Bonchev–Trinajstić information content (AvgIpc) is 2.76. The van der Waals surface area contributed by atoms with E-state index >= 15 is 0 Å². The summed E-state index contributed by atoms with van der Waals surface area (Å²) in [7, 11) is 0. The highest BCUT2D eigenvalue weighted by molar-refractivity contribution is 5.66. The van der Waals surface area contributed by atoms with Crippen molar-refractivity contribution in [2.45, 2.75) is 71.0 Å². The Morgan fingerprint density at radius 3 is 2.37 bits per heavy atom. The van der Waals surface area contributed by atoms with E-state index in [1.165, 1.54) is 18.2 Å². The van der Waals surface area contributed by atoms with Gasteiger partial charge in [0.15, 0.2) is 17.9 Å². The van der Waals surface area contributed by atoms with Crippen LogP contribution >= 0.6 is 0 Å². The predicted molar refractivity (Wildman–Crippen MR) is 113 cm³/mol. The molecule has 0 N–H and O–H groups in total. The van der Waals surface area contributed by atoms with Crippen molar-refractivity contribution in [2.75, 3.05) is 13.2 Å². The summed E-state index contributed by atoms with van der Waals surface area (Å²) in [5.41, 5.74) is 1.18. The molecule has 2 nitrogen and oxygen atoms in total. The summed E-state index contributed by atoms with van der Waals surface area (Å²) in [6.07, 6.45) is 5.65. The van der Waals surface area contributed by atoms with Crippen LogP contribution < -0.4 is 0 Å². The second-order valence-electron chi connectivity index (χ2n) is 8.00. The molecule has 5 heteroatoms. The highest BCUT2D eigenvalue weighted by Gasteiger charge is 2.25. The van der Waals surface area contributed by atoms with Crippen LogP contribution in [0.25, 0.3) is 11.1 Å². The monoisotopic (exact) mass is 420 g/mol. The lowest BCUT2D eigenvalue weighted by atomic mass is 9.91. The van der Waals surface area contributed by atoms with Crippen molar-refractivity contribution in [1.82, 2.24) is 0 Å². The molecule has 1 aliphatic heterocycles. The van der Waals surface area contributed by atoms with E-state index in [0.29, 0.717) is 25.2 Å². The lowest BCUT2D eigenvalue weighted by Gasteiger charge is -2.29. The molecule has 2 aromatic rings. The number of benzene rings is 2. The van der Waals surface area contributed by atoms with E-state index in [9.17, 15) is 13.2 Å². The van der Waals surface area contributed by atoms with Crippen molar-refractivity contribution >= 4 is 0 Å². The first-order valence-electron chi connectivity index (χ1n) is 11.0. The smallest absolute Gasteiger partial charge is 0.167 e. The number of ether oxygens (including phenoxy) is 2. The molecule has 2 atom stereocenters. The van der Waals surface area contributed by atoms with Crippen LogP contribution in [0.5, 0.6) is 0 Å². The highest BCUT2D eigenvalue weighted by atomic mass is 19.2. The van der Waals surface area contributed by atoms with Crippen LogP contribution in [0.4, 0.5) is 13.2 Å². The van der Waals surface area contributed by atoms with Crippen LogP contribution in [0, 0.1) is 17.5 Å². The highest BCUT2D eigenvalue weighted by Crippen LogP contribution is 2.34. The quantitative estimate of drug-likeness (QED) is 0.401. The fraction of sp³-hybridized carbons (Fsp3) is 0.520. The molecule has 2 aromatic carbocycles. The molecule has 0 bridgehead atoms. The number of rotatable bonds is 9. The molecule has 1 aliphatic rings. The van der Waals surface area contributed by atoms with Crippen LogP contribution in [0.2, 0.25) is 0 Å². The molecule has 0 spiro atoms. The maximum absolute atomic E-state index is 14.8. The summed E-state index contributed by atoms with van der Waals surface area (Å²) in [6, 6.07) is 7.78. The molecule has 0 radical (unpaired) electrons. The number of halogens is 3. The van der Waals surface area contributed by atoms with Crippen molar-refractivity contribution in [3.05, 3.63) is 58.9 Å². The van der Waals surface area contributed by atoms with Gasteiger partial charge in [-0.25, -0.2) is 13.2 Å². The van der Waals surface area contributed by atoms with E-state index in [4.69, 9.17) is 9.47 Å². The van der Waals surface area contributed by atoms with Gasteiger partial charge in [-0.2, -0.15) is 0 Å². The topological polar surface area (TPSA) is 18.5 Å². The zero-order valence-corrected chi connectivity index (χ0v) is 17.9. The second kappa shape index (κ2) is 11.0. The third-order valence-corrected chi connectivity index (χ3v) is 5.75. The predicted octanol–water partition coefficient (Wildman–Crippen LogP) is 7.15. The first-order valence-corrected chi connectivity index (χ1v) is 11.0. The largest absolute Gasteiger partial charge is 0.353 e. The van der Waals surface area contributed by atoms with Gasteiger partial charge in [-0.05, 0) is 49.3 Å². The van der Waals surface area contributed by atoms with Crippen LogP contribution in [-0.4, -0.2) is 19.5 Å². The summed E-state index contributed by atoms with van der Waals surface area (Å²) in [5.74, 6) is -2.34. The first kappa shape index (κ1) is 22.8. The molecule has 1 heterocycles. The standard InChI is InChI=1S/C25H31F3O2/c1-3-5-7-17-8-12-21(25(28)24(17)27)20-11-9-18(15-22(20)26)19-10-13-23(30-16-19)29-14-6-4-2/h8-9,11-12,15,19,23H,3-7,10,13-14,16H2,1-2H3. The number of unbranched alkanes of at least 4 members (excludes halogenated alkanes) is 2. The Balaban J connectivity index is 1.70.